The molecule has 1 aliphatic heterocycles. The fourth-order valence-electron chi connectivity index (χ4n) is 14.5. The molecule has 10 rings (SSSR count). The van der Waals surface area contributed by atoms with Gasteiger partial charge in [0.25, 0.3) is 0 Å². The molecule has 252 valence electrons. The molecule has 47 heavy (non-hydrogen) atoms. The van der Waals surface area contributed by atoms with E-state index >= 15 is 0 Å². The van der Waals surface area contributed by atoms with Gasteiger partial charge in [-0.25, -0.2) is 0 Å². The lowest BCUT2D eigenvalue weighted by Gasteiger charge is -2.53. The minimum absolute atomic E-state index is 0.458. The maximum absolute atomic E-state index is 7.25. The molecule has 9 aliphatic carbocycles. The molecule has 0 aromatic rings. The third-order valence-electron chi connectivity index (χ3n) is 16.2. The summed E-state index contributed by atoms with van der Waals surface area (Å²) >= 11 is 0. The van der Waals surface area contributed by atoms with Gasteiger partial charge in [-0.3, -0.25) is 0 Å². The monoisotopic (exact) mass is 630 g/mol. The van der Waals surface area contributed by atoms with E-state index < -0.39 is 0 Å². The molecule has 10 aliphatic rings. The van der Waals surface area contributed by atoms with Crippen LogP contribution in [0.15, 0.2) is 70.4 Å². The van der Waals surface area contributed by atoms with Crippen molar-refractivity contribution < 1.29 is 4.74 Å². The van der Waals surface area contributed by atoms with Crippen LogP contribution in [0.3, 0.4) is 0 Å². The maximum Gasteiger partial charge on any atom is 0.0648 e. The summed E-state index contributed by atoms with van der Waals surface area (Å²) in [5, 5.41) is 0. The Bertz CT molecular complexity index is 1400. The normalized spacial score (nSPS) is 47.3. The van der Waals surface area contributed by atoms with E-state index in [0.717, 1.165) is 47.3 Å². The average molecular weight is 631 g/mol. The molecular weight excluding hydrogens is 569 g/mol. The van der Waals surface area contributed by atoms with Gasteiger partial charge in [-0.15, -0.1) is 0 Å². The topological polar surface area (TPSA) is 9.23 Å². The van der Waals surface area contributed by atoms with Crippen LogP contribution in [0.4, 0.5) is 0 Å². The minimum Gasteiger partial charge on any atom is -0.374 e. The highest BCUT2D eigenvalue weighted by atomic mass is 16.5. The Balaban J connectivity index is 1.10. The van der Waals surface area contributed by atoms with Crippen LogP contribution >= 0.6 is 0 Å². The largest absolute Gasteiger partial charge is 0.374 e. The Kier molecular flexibility index (Phi) is 8.12. The summed E-state index contributed by atoms with van der Waals surface area (Å²) in [4.78, 5) is 0. The van der Waals surface area contributed by atoms with E-state index in [4.69, 9.17) is 4.74 Å². The quantitative estimate of drug-likeness (QED) is 0.282. The Labute approximate surface area is 286 Å². The Morgan fingerprint density at radius 3 is 2.47 bits per heavy atom. The van der Waals surface area contributed by atoms with Crippen LogP contribution in [-0.4, -0.2) is 12.2 Å². The van der Waals surface area contributed by atoms with Crippen molar-refractivity contribution in [3.05, 3.63) is 70.4 Å². The number of allylic oxidation sites excluding steroid dienone is 11. The third kappa shape index (κ3) is 5.08. The Morgan fingerprint density at radius 1 is 0.596 bits per heavy atom. The molecule has 1 heterocycles. The van der Waals surface area contributed by atoms with E-state index in [-0.39, 0.29) is 0 Å². The smallest absolute Gasteiger partial charge is 0.0648 e. The SMILES string of the molecule is C1=CC2C(CC1)OC1CC(C3C=CCC4CCCCC43)CC(C3=C4C=CCCC4C(C4=C5CCCCC5CCC4)C4CCCC=C34)C12. The molecule has 0 radical (unpaired) electrons. The van der Waals surface area contributed by atoms with E-state index in [1.807, 2.05) is 27.9 Å². The second-order valence-electron chi connectivity index (χ2n) is 18.2. The van der Waals surface area contributed by atoms with Crippen molar-refractivity contribution in [2.24, 2.45) is 65.1 Å². The molecule has 0 N–H and O–H groups in total. The highest BCUT2D eigenvalue weighted by Crippen LogP contribution is 2.62. The van der Waals surface area contributed by atoms with Gasteiger partial charge in [0.15, 0.2) is 0 Å². The van der Waals surface area contributed by atoms with Crippen molar-refractivity contribution in [3.63, 3.8) is 0 Å². The molecule has 0 bridgehead atoms. The van der Waals surface area contributed by atoms with Gasteiger partial charge in [0.05, 0.1) is 12.2 Å². The van der Waals surface area contributed by atoms with E-state index in [1.54, 1.807) is 0 Å². The molecule has 4 fully saturated rings. The fourth-order valence-corrected chi connectivity index (χ4v) is 14.5. The predicted octanol–water partition coefficient (Wildman–Crippen LogP) is 12.0. The second kappa shape index (κ2) is 12.6. The van der Waals surface area contributed by atoms with Crippen molar-refractivity contribution in [1.29, 1.82) is 0 Å². The van der Waals surface area contributed by atoms with Gasteiger partial charge in [-0.05, 0) is 186 Å². The van der Waals surface area contributed by atoms with Crippen LogP contribution < -0.4 is 0 Å². The summed E-state index contributed by atoms with van der Waals surface area (Å²) in [6, 6.07) is 0. The maximum atomic E-state index is 7.25. The van der Waals surface area contributed by atoms with Crippen LogP contribution in [0.2, 0.25) is 0 Å². The van der Waals surface area contributed by atoms with Gasteiger partial charge in [0, 0.05) is 11.8 Å². The molecular formula is C46H62O. The summed E-state index contributed by atoms with van der Waals surface area (Å²) in [6.45, 7) is 0. The number of fused-ring (bicyclic) bond motifs is 7. The molecule has 13 atom stereocenters. The van der Waals surface area contributed by atoms with Gasteiger partial charge < -0.3 is 4.74 Å². The first-order valence-electron chi connectivity index (χ1n) is 21.1. The lowest BCUT2D eigenvalue weighted by molar-refractivity contribution is -0.0245. The zero-order chi connectivity index (χ0) is 30.9. The molecule has 3 saturated carbocycles. The zero-order valence-electron chi connectivity index (χ0n) is 29.3. The summed E-state index contributed by atoms with van der Waals surface area (Å²) in [5.74, 6) is 8.70. The minimum atomic E-state index is 0.458. The van der Waals surface area contributed by atoms with Crippen LogP contribution in [0.1, 0.15) is 135 Å². The molecule has 13 unspecified atom stereocenters. The molecule has 0 aromatic carbocycles. The fraction of sp³-hybridized carbons (Fsp3) is 0.739. The van der Waals surface area contributed by atoms with Crippen molar-refractivity contribution >= 4 is 0 Å². The first kappa shape index (κ1) is 30.2. The van der Waals surface area contributed by atoms with Crippen LogP contribution in [0, 0.1) is 65.1 Å². The first-order valence-corrected chi connectivity index (χ1v) is 21.1. The van der Waals surface area contributed by atoms with Gasteiger partial charge in [-0.2, -0.15) is 0 Å². The third-order valence-corrected chi connectivity index (χ3v) is 16.2. The summed E-state index contributed by atoms with van der Waals surface area (Å²) in [7, 11) is 0. The molecule has 1 nitrogen and oxygen atoms in total. The first-order chi connectivity index (χ1) is 23.3. The lowest BCUT2D eigenvalue weighted by Crippen LogP contribution is -2.45. The van der Waals surface area contributed by atoms with E-state index in [0.29, 0.717) is 30.0 Å². The highest BCUT2D eigenvalue weighted by Gasteiger charge is 2.56. The average Bonchev–Trinajstić information content (AvgIpc) is 3.52. The standard InChI is InChI=1S/C46H62O/c1-3-17-32-29(13-1)15-11-24-34(32)31-27-41(46-40-23-9-10-26-42(40)47-43(46)28-31)45-38-21-7-5-19-36(38)44(37-20-6-8-22-39(37)45)35-25-12-16-30-14-2-4-18-33(30)35/h7,9,11,21-24,29-32,34,36-37,40-44,46H,1-6,8,10,12-20,25-28H2. The van der Waals surface area contributed by atoms with E-state index in [9.17, 15) is 0 Å². The number of hydrogen-bond donors (Lipinski definition) is 0. The highest BCUT2D eigenvalue weighted by molar-refractivity contribution is 5.52. The molecule has 1 saturated heterocycles. The Morgan fingerprint density at radius 2 is 1.47 bits per heavy atom. The number of rotatable bonds is 3. The van der Waals surface area contributed by atoms with Crippen LogP contribution in [0.5, 0.6) is 0 Å². The molecule has 0 amide bonds. The van der Waals surface area contributed by atoms with Crippen LogP contribution in [-0.2, 0) is 4.74 Å². The van der Waals surface area contributed by atoms with Crippen molar-refractivity contribution in [2.75, 3.05) is 0 Å². The van der Waals surface area contributed by atoms with Gasteiger partial charge in [0.1, 0.15) is 0 Å². The molecule has 0 spiro atoms. The van der Waals surface area contributed by atoms with Crippen molar-refractivity contribution in [1.82, 2.24) is 0 Å². The van der Waals surface area contributed by atoms with Gasteiger partial charge in [-0.1, -0.05) is 72.9 Å². The van der Waals surface area contributed by atoms with Gasteiger partial charge in [0.2, 0.25) is 0 Å². The Hall–Kier alpha value is -1.60. The van der Waals surface area contributed by atoms with Gasteiger partial charge >= 0.3 is 0 Å². The summed E-state index contributed by atoms with van der Waals surface area (Å²) in [6.07, 6.45) is 49.1. The summed E-state index contributed by atoms with van der Waals surface area (Å²) in [5.41, 5.74) is 9.59. The lowest BCUT2D eigenvalue weighted by atomic mass is 9.51. The number of hydrogen-bond acceptors (Lipinski definition) is 1. The van der Waals surface area contributed by atoms with E-state index in [1.165, 1.54) is 135 Å². The van der Waals surface area contributed by atoms with E-state index in [2.05, 4.69) is 42.5 Å². The summed E-state index contributed by atoms with van der Waals surface area (Å²) < 4.78 is 7.25. The van der Waals surface area contributed by atoms with Crippen molar-refractivity contribution in [3.8, 4) is 0 Å². The molecule has 1 heteroatoms. The zero-order valence-corrected chi connectivity index (χ0v) is 29.3. The number of ether oxygens (including phenoxy) is 1. The predicted molar refractivity (Wildman–Crippen MR) is 194 cm³/mol. The molecule has 0 aromatic heterocycles. The second-order valence-corrected chi connectivity index (χ2v) is 18.2. The van der Waals surface area contributed by atoms with Crippen molar-refractivity contribution in [2.45, 2.75) is 147 Å². The van der Waals surface area contributed by atoms with Crippen LogP contribution in [0.25, 0.3) is 0 Å².